The van der Waals surface area contributed by atoms with Crippen LogP contribution in [0, 0.1) is 11.8 Å². The van der Waals surface area contributed by atoms with Crippen LogP contribution >= 0.6 is 0 Å². The zero-order valence-corrected chi connectivity index (χ0v) is 14.1. The molecule has 2 heteroatoms. The Morgan fingerprint density at radius 2 is 2.13 bits per heavy atom. The van der Waals surface area contributed by atoms with Gasteiger partial charge in [0.25, 0.3) is 0 Å². The zero-order chi connectivity index (χ0) is 16.2. The summed E-state index contributed by atoms with van der Waals surface area (Å²) in [5.41, 5.74) is 9.38. The van der Waals surface area contributed by atoms with Crippen LogP contribution in [0.3, 0.4) is 0 Å². The first kappa shape index (κ1) is 15.8. The number of fused-ring (bicyclic) bond motifs is 1. The number of allylic oxidation sites excluding steroid dienone is 4. The van der Waals surface area contributed by atoms with Crippen molar-refractivity contribution in [3.63, 3.8) is 0 Å². The standard InChI is InChI=1S/C21H26N2/c1-16(19-8-9-19)3-4-17(11-13-22)5-6-18-7-10-21-20(15-18)12-14-23(21)2/h3-7,10-12,14-16,19H,8-9,13,22H2,1-2H3/b4-3-,6-5+,17-11+. The molecule has 3 rings (SSSR count). The van der Waals surface area contributed by atoms with Crippen molar-refractivity contribution in [3.8, 4) is 0 Å². The Hall–Kier alpha value is -2.06. The highest BCUT2D eigenvalue weighted by atomic mass is 14.9. The van der Waals surface area contributed by atoms with Gasteiger partial charge < -0.3 is 10.3 Å². The fourth-order valence-corrected chi connectivity index (χ4v) is 2.97. The Morgan fingerprint density at radius 1 is 1.30 bits per heavy atom. The van der Waals surface area contributed by atoms with Gasteiger partial charge in [-0.1, -0.05) is 43.4 Å². The van der Waals surface area contributed by atoms with E-state index >= 15 is 0 Å². The maximum Gasteiger partial charge on any atom is 0.0478 e. The van der Waals surface area contributed by atoms with E-state index in [1.807, 2.05) is 0 Å². The number of rotatable bonds is 6. The van der Waals surface area contributed by atoms with Crippen LogP contribution in [0.5, 0.6) is 0 Å². The van der Waals surface area contributed by atoms with E-state index in [9.17, 15) is 0 Å². The summed E-state index contributed by atoms with van der Waals surface area (Å²) in [6.07, 6.45) is 15.8. The second-order valence-corrected chi connectivity index (χ2v) is 6.57. The maximum absolute atomic E-state index is 5.71. The molecule has 0 saturated heterocycles. The third-order valence-electron chi connectivity index (χ3n) is 4.69. The summed E-state index contributed by atoms with van der Waals surface area (Å²) < 4.78 is 2.14. The highest BCUT2D eigenvalue weighted by molar-refractivity contribution is 5.82. The monoisotopic (exact) mass is 306 g/mol. The average molecular weight is 306 g/mol. The van der Waals surface area contributed by atoms with Crippen LogP contribution in [-0.2, 0) is 7.05 Å². The van der Waals surface area contributed by atoms with Gasteiger partial charge in [0, 0.05) is 30.7 Å². The Labute approximate surface area is 139 Å². The van der Waals surface area contributed by atoms with Crippen LogP contribution in [0.25, 0.3) is 17.0 Å². The van der Waals surface area contributed by atoms with Gasteiger partial charge in [0.15, 0.2) is 0 Å². The molecule has 120 valence electrons. The largest absolute Gasteiger partial charge is 0.351 e. The summed E-state index contributed by atoms with van der Waals surface area (Å²) >= 11 is 0. The molecule has 0 amide bonds. The molecule has 1 aliphatic rings. The van der Waals surface area contributed by atoms with Gasteiger partial charge in [0.05, 0.1) is 0 Å². The van der Waals surface area contributed by atoms with Gasteiger partial charge in [-0.15, -0.1) is 0 Å². The van der Waals surface area contributed by atoms with Gasteiger partial charge >= 0.3 is 0 Å². The molecule has 0 aliphatic heterocycles. The van der Waals surface area contributed by atoms with E-state index < -0.39 is 0 Å². The van der Waals surface area contributed by atoms with Crippen molar-refractivity contribution in [3.05, 3.63) is 65.9 Å². The minimum absolute atomic E-state index is 0.569. The molecule has 2 nitrogen and oxygen atoms in total. The van der Waals surface area contributed by atoms with E-state index in [2.05, 4.69) is 79.4 Å². The number of benzene rings is 1. The smallest absolute Gasteiger partial charge is 0.0478 e. The number of nitrogens with zero attached hydrogens (tertiary/aromatic N) is 1. The fourth-order valence-electron chi connectivity index (χ4n) is 2.97. The van der Waals surface area contributed by atoms with Crippen LogP contribution in [0.15, 0.2) is 60.3 Å². The number of hydrogen-bond acceptors (Lipinski definition) is 1. The maximum atomic E-state index is 5.71. The summed E-state index contributed by atoms with van der Waals surface area (Å²) in [5, 5.41) is 1.27. The molecular formula is C21H26N2. The number of aryl methyl sites for hydroxylation is 1. The third kappa shape index (κ3) is 4.02. The van der Waals surface area contributed by atoms with Crippen molar-refractivity contribution in [2.24, 2.45) is 24.6 Å². The fraction of sp³-hybridized carbons (Fsp3) is 0.333. The SMILES string of the molecule is CC(\C=C/C(/C=C/c1ccc2c(ccn2C)c1)=C\CN)C1CC1. The van der Waals surface area contributed by atoms with Crippen molar-refractivity contribution in [1.29, 1.82) is 0 Å². The molecule has 0 radical (unpaired) electrons. The van der Waals surface area contributed by atoms with E-state index in [1.165, 1.54) is 34.9 Å². The first-order valence-corrected chi connectivity index (χ1v) is 8.49. The summed E-state index contributed by atoms with van der Waals surface area (Å²) in [5.74, 6) is 1.57. The van der Waals surface area contributed by atoms with E-state index in [0.717, 1.165) is 5.92 Å². The molecular weight excluding hydrogens is 280 g/mol. The van der Waals surface area contributed by atoms with E-state index in [-0.39, 0.29) is 0 Å². The Bertz CT molecular complexity index is 757. The number of aromatic nitrogens is 1. The van der Waals surface area contributed by atoms with Crippen LogP contribution in [-0.4, -0.2) is 11.1 Å². The predicted octanol–water partition coefficient (Wildman–Crippen LogP) is 4.68. The molecule has 1 aromatic carbocycles. The van der Waals surface area contributed by atoms with Crippen molar-refractivity contribution in [1.82, 2.24) is 4.57 Å². The van der Waals surface area contributed by atoms with Crippen LogP contribution in [0.2, 0.25) is 0 Å². The molecule has 1 atom stereocenters. The summed E-state index contributed by atoms with van der Waals surface area (Å²) in [6.45, 7) is 2.88. The van der Waals surface area contributed by atoms with Crippen molar-refractivity contribution in [2.45, 2.75) is 19.8 Å². The van der Waals surface area contributed by atoms with Gasteiger partial charge in [-0.3, -0.25) is 0 Å². The Balaban J connectivity index is 1.74. The third-order valence-corrected chi connectivity index (χ3v) is 4.69. The summed E-state index contributed by atoms with van der Waals surface area (Å²) in [6, 6.07) is 8.71. The first-order chi connectivity index (χ1) is 11.2. The lowest BCUT2D eigenvalue weighted by Gasteiger charge is -2.02. The van der Waals surface area contributed by atoms with E-state index in [0.29, 0.717) is 12.5 Å². The number of nitrogens with two attached hydrogens (primary N) is 1. The summed E-state index contributed by atoms with van der Waals surface area (Å²) in [4.78, 5) is 0. The van der Waals surface area contributed by atoms with Crippen LogP contribution < -0.4 is 5.73 Å². The van der Waals surface area contributed by atoms with Crippen molar-refractivity contribution in [2.75, 3.05) is 6.54 Å². The second kappa shape index (κ2) is 7.01. The van der Waals surface area contributed by atoms with E-state index in [4.69, 9.17) is 5.73 Å². The quantitative estimate of drug-likeness (QED) is 0.772. The van der Waals surface area contributed by atoms with Crippen LogP contribution in [0.1, 0.15) is 25.3 Å². The minimum Gasteiger partial charge on any atom is -0.351 e. The van der Waals surface area contributed by atoms with Gasteiger partial charge in [-0.25, -0.2) is 0 Å². The van der Waals surface area contributed by atoms with Gasteiger partial charge in [0.1, 0.15) is 0 Å². The topological polar surface area (TPSA) is 30.9 Å². The van der Waals surface area contributed by atoms with Gasteiger partial charge in [-0.2, -0.15) is 0 Å². The lowest BCUT2D eigenvalue weighted by molar-refractivity contribution is 0.628. The highest BCUT2D eigenvalue weighted by Crippen LogP contribution is 2.37. The number of hydrogen-bond donors (Lipinski definition) is 1. The Kier molecular flexibility index (Phi) is 4.82. The lowest BCUT2D eigenvalue weighted by Crippen LogP contribution is -1.95. The molecule has 1 fully saturated rings. The zero-order valence-electron chi connectivity index (χ0n) is 14.1. The Morgan fingerprint density at radius 3 is 2.87 bits per heavy atom. The molecule has 1 saturated carbocycles. The molecule has 1 aromatic heterocycles. The first-order valence-electron chi connectivity index (χ1n) is 8.49. The molecule has 0 spiro atoms. The van der Waals surface area contributed by atoms with E-state index in [1.54, 1.807) is 0 Å². The van der Waals surface area contributed by atoms with Gasteiger partial charge in [-0.05, 0) is 54.0 Å². The average Bonchev–Trinajstić information content (AvgIpc) is 3.34. The minimum atomic E-state index is 0.569. The lowest BCUT2D eigenvalue weighted by atomic mass is 10.0. The molecule has 0 bridgehead atoms. The molecule has 2 N–H and O–H groups in total. The summed E-state index contributed by atoms with van der Waals surface area (Å²) in [7, 11) is 2.08. The molecule has 1 heterocycles. The van der Waals surface area contributed by atoms with Crippen molar-refractivity contribution < 1.29 is 0 Å². The molecule has 23 heavy (non-hydrogen) atoms. The molecule has 1 unspecified atom stereocenters. The molecule has 1 aliphatic carbocycles. The predicted molar refractivity (Wildman–Crippen MR) is 100 cm³/mol. The normalized spacial score (nSPS) is 17.6. The van der Waals surface area contributed by atoms with Gasteiger partial charge in [0.2, 0.25) is 0 Å². The molecule has 2 aromatic rings. The van der Waals surface area contributed by atoms with Crippen molar-refractivity contribution >= 4 is 17.0 Å². The highest BCUT2D eigenvalue weighted by Gasteiger charge is 2.25. The van der Waals surface area contributed by atoms with Crippen LogP contribution in [0.4, 0.5) is 0 Å². The second-order valence-electron chi connectivity index (χ2n) is 6.57.